The summed E-state index contributed by atoms with van der Waals surface area (Å²) in [5.41, 5.74) is -1.43. The van der Waals surface area contributed by atoms with E-state index in [2.05, 4.69) is 9.83 Å². The lowest BCUT2D eigenvalue weighted by atomic mass is 9.89. The van der Waals surface area contributed by atoms with Crippen molar-refractivity contribution in [1.29, 1.82) is 0 Å². The number of fused-ring (bicyclic) bond motifs is 1. The van der Waals surface area contributed by atoms with Gasteiger partial charge in [0.1, 0.15) is 23.1 Å². The average Bonchev–Trinajstić information content (AvgIpc) is 3.14. The van der Waals surface area contributed by atoms with Gasteiger partial charge in [0.05, 0.1) is 37.2 Å². The van der Waals surface area contributed by atoms with E-state index in [0.717, 1.165) is 6.07 Å². The molecule has 2 fully saturated rings. The van der Waals surface area contributed by atoms with Crippen LogP contribution in [-0.2, 0) is 6.42 Å². The fourth-order valence-electron chi connectivity index (χ4n) is 4.92. The predicted octanol–water partition coefficient (Wildman–Crippen LogP) is 2.65. The van der Waals surface area contributed by atoms with Crippen molar-refractivity contribution in [3.8, 4) is 12.3 Å². The third-order valence-corrected chi connectivity index (χ3v) is 6.19. The highest BCUT2D eigenvalue weighted by Gasteiger charge is 2.66. The van der Waals surface area contributed by atoms with Gasteiger partial charge in [0.25, 0.3) is 12.1 Å². The van der Waals surface area contributed by atoms with E-state index in [4.69, 9.17) is 6.57 Å². The van der Waals surface area contributed by atoms with Gasteiger partial charge >= 0.3 is 0 Å². The molecule has 0 radical (unpaired) electrons. The van der Waals surface area contributed by atoms with Crippen LogP contribution in [-0.4, -0.2) is 56.7 Å². The van der Waals surface area contributed by atoms with Crippen molar-refractivity contribution in [3.05, 3.63) is 64.3 Å². The van der Waals surface area contributed by atoms with Crippen molar-refractivity contribution >= 4 is 5.78 Å². The van der Waals surface area contributed by atoms with Crippen LogP contribution in [0.4, 0.5) is 8.78 Å². The molecule has 2 aromatic rings. The molecule has 3 atom stereocenters. The molecule has 0 bridgehead atoms. The number of halogens is 2. The first kappa shape index (κ1) is 20.4. The Morgan fingerprint density at radius 2 is 2.13 bits per heavy atom. The minimum absolute atomic E-state index is 0.0139. The van der Waals surface area contributed by atoms with Crippen LogP contribution in [0.2, 0.25) is 0 Å². The predicted molar refractivity (Wildman–Crippen MR) is 105 cm³/mol. The summed E-state index contributed by atoms with van der Waals surface area (Å²) in [4.78, 5) is 22.4. The number of nitrogens with zero attached hydrogens (tertiary/aromatic N) is 3. The fourth-order valence-corrected chi connectivity index (χ4v) is 4.92. The lowest BCUT2D eigenvalue weighted by Crippen LogP contribution is -2.38. The number of aliphatic hydroxyl groups is 1. The molecule has 0 spiro atoms. The van der Waals surface area contributed by atoms with Gasteiger partial charge in [0.15, 0.2) is 5.78 Å². The Bertz CT molecular complexity index is 1020. The van der Waals surface area contributed by atoms with Gasteiger partial charge in [0.2, 0.25) is 0 Å². The lowest BCUT2D eigenvalue weighted by Gasteiger charge is -2.25. The number of likely N-dealkylation sites (tertiary alicyclic amines) is 1. The number of rotatable bonds is 5. The maximum absolute atomic E-state index is 14.1. The van der Waals surface area contributed by atoms with Gasteiger partial charge in [-0.15, -0.1) is 0 Å². The molecular weight excluding hydrogens is 392 g/mol. The molecule has 8 heteroatoms. The molecule has 156 valence electrons. The SMILES string of the molecule is C#[N+]C12CN(CC(=O)c3ccc(O)cn3)CC1CC(O)(Cc1ccc(F)cc1F)C2. The fraction of sp³-hybridized carbons (Fsp3) is 0.409. The average molecular weight is 414 g/mol. The summed E-state index contributed by atoms with van der Waals surface area (Å²) in [6.07, 6.45) is 1.85. The topological polar surface area (TPSA) is 78.0 Å². The summed E-state index contributed by atoms with van der Waals surface area (Å²) < 4.78 is 27.2. The second-order valence-corrected chi connectivity index (χ2v) is 8.44. The van der Waals surface area contributed by atoms with Crippen LogP contribution in [0.5, 0.6) is 5.75 Å². The number of carbonyl (C=O) groups excluding carboxylic acids is 1. The quantitative estimate of drug-likeness (QED) is 0.736. The number of aromatic nitrogens is 1. The monoisotopic (exact) mass is 414 g/mol. The van der Waals surface area contributed by atoms with E-state index in [-0.39, 0.29) is 48.1 Å². The number of aromatic hydroxyl groups is 1. The molecule has 30 heavy (non-hydrogen) atoms. The van der Waals surface area contributed by atoms with E-state index >= 15 is 0 Å². The number of pyridine rings is 1. The highest BCUT2D eigenvalue weighted by molar-refractivity contribution is 5.95. The number of ketones is 1. The molecule has 1 aliphatic carbocycles. The molecule has 2 N–H and O–H groups in total. The zero-order valence-electron chi connectivity index (χ0n) is 16.3. The Hall–Kier alpha value is -2.89. The minimum atomic E-state index is -1.21. The Morgan fingerprint density at radius 3 is 2.77 bits per heavy atom. The molecule has 1 aromatic carbocycles. The number of carbonyl (C=O) groups is 1. The van der Waals surface area contributed by atoms with Gasteiger partial charge in [-0.25, -0.2) is 13.8 Å². The largest absolute Gasteiger partial charge is 0.506 e. The summed E-state index contributed by atoms with van der Waals surface area (Å²) in [6, 6.07) is 6.20. The summed E-state index contributed by atoms with van der Waals surface area (Å²) in [5, 5.41) is 20.4. The zero-order valence-corrected chi connectivity index (χ0v) is 16.3. The normalized spacial score (nSPS) is 28.3. The Morgan fingerprint density at radius 1 is 1.33 bits per heavy atom. The smallest absolute Gasteiger partial charge is 0.299 e. The van der Waals surface area contributed by atoms with Gasteiger partial charge in [-0.2, -0.15) is 0 Å². The molecule has 1 saturated carbocycles. The van der Waals surface area contributed by atoms with Crippen LogP contribution in [0.3, 0.4) is 0 Å². The Labute approximate surface area is 172 Å². The maximum Gasteiger partial charge on any atom is 0.299 e. The van der Waals surface area contributed by atoms with Crippen LogP contribution in [0, 0.1) is 24.1 Å². The van der Waals surface area contributed by atoms with Crippen molar-refractivity contribution in [2.45, 2.75) is 30.4 Å². The Kier molecular flexibility index (Phi) is 5.04. The van der Waals surface area contributed by atoms with E-state index in [9.17, 15) is 23.8 Å². The highest BCUT2D eigenvalue weighted by Crippen LogP contribution is 2.50. The first-order valence-electron chi connectivity index (χ1n) is 9.71. The first-order chi connectivity index (χ1) is 14.2. The van der Waals surface area contributed by atoms with E-state index in [1.165, 1.54) is 30.5 Å². The summed E-state index contributed by atoms with van der Waals surface area (Å²) >= 11 is 0. The number of hydrogen-bond donors (Lipinski definition) is 2. The molecule has 1 saturated heterocycles. The lowest BCUT2D eigenvalue weighted by molar-refractivity contribution is 0.0346. The highest BCUT2D eigenvalue weighted by atomic mass is 19.1. The summed E-state index contributed by atoms with van der Waals surface area (Å²) in [6.45, 7) is 6.76. The van der Waals surface area contributed by atoms with E-state index in [0.29, 0.717) is 19.5 Å². The number of benzene rings is 1. The van der Waals surface area contributed by atoms with Crippen LogP contribution in [0.1, 0.15) is 28.9 Å². The standard InChI is InChI=1S/C22H21F2N3O3/c1-25-22-12-21(30,7-14-2-3-16(23)6-18(14)24)8-15(22)10-27(13-22)11-20(29)19-5-4-17(28)9-26-19/h1-6,9,15,30H,7-8,10-13H2/p+1. The molecule has 4 rings (SSSR count). The van der Waals surface area contributed by atoms with Crippen LogP contribution >= 0.6 is 0 Å². The second kappa shape index (κ2) is 7.42. The molecule has 6 nitrogen and oxygen atoms in total. The van der Waals surface area contributed by atoms with E-state index < -0.39 is 22.8 Å². The van der Waals surface area contributed by atoms with E-state index in [1.807, 2.05) is 4.90 Å². The zero-order chi connectivity index (χ0) is 21.5. The summed E-state index contributed by atoms with van der Waals surface area (Å²) in [5.74, 6) is -1.64. The van der Waals surface area contributed by atoms with Gasteiger partial charge < -0.3 is 10.2 Å². The molecule has 1 aromatic heterocycles. The van der Waals surface area contributed by atoms with Gasteiger partial charge in [0, 0.05) is 19.0 Å². The molecule has 2 aliphatic rings. The maximum atomic E-state index is 14.1. The van der Waals surface area contributed by atoms with Gasteiger partial charge in [-0.3, -0.25) is 9.69 Å². The van der Waals surface area contributed by atoms with Crippen molar-refractivity contribution < 1.29 is 23.8 Å². The van der Waals surface area contributed by atoms with Crippen LogP contribution in [0.25, 0.3) is 4.85 Å². The van der Waals surface area contributed by atoms with Crippen molar-refractivity contribution in [2.75, 3.05) is 19.6 Å². The molecule has 2 heterocycles. The van der Waals surface area contributed by atoms with Crippen molar-refractivity contribution in [1.82, 2.24) is 9.88 Å². The molecular formula is C22H22F2N3O3+. The second-order valence-electron chi connectivity index (χ2n) is 8.44. The Balaban J connectivity index is 1.44. The van der Waals surface area contributed by atoms with Crippen LogP contribution < -0.4 is 0 Å². The number of Topliss-reactive ketones (excluding diaryl/α,β-unsaturated/α-hetero) is 1. The van der Waals surface area contributed by atoms with Crippen LogP contribution in [0.15, 0.2) is 36.5 Å². The summed E-state index contributed by atoms with van der Waals surface area (Å²) in [7, 11) is 0. The van der Waals surface area contributed by atoms with Gasteiger partial charge in [-0.1, -0.05) is 10.9 Å². The van der Waals surface area contributed by atoms with E-state index in [1.54, 1.807) is 0 Å². The van der Waals surface area contributed by atoms with Crippen molar-refractivity contribution in [3.63, 3.8) is 0 Å². The third kappa shape index (κ3) is 3.78. The minimum Gasteiger partial charge on any atom is -0.506 e. The van der Waals surface area contributed by atoms with Gasteiger partial charge in [-0.05, 0) is 30.2 Å². The molecule has 0 amide bonds. The third-order valence-electron chi connectivity index (χ3n) is 6.19. The molecule has 1 aliphatic heterocycles. The molecule has 3 unspecified atom stereocenters. The first-order valence-corrected chi connectivity index (χ1v) is 9.71. The number of hydrogen-bond acceptors (Lipinski definition) is 5. The van der Waals surface area contributed by atoms with Crippen molar-refractivity contribution in [2.24, 2.45) is 5.92 Å².